The normalized spacial score (nSPS) is 18.5. The summed E-state index contributed by atoms with van der Waals surface area (Å²) in [6.07, 6.45) is 1.90. The van der Waals surface area contributed by atoms with Gasteiger partial charge in [0, 0.05) is 7.05 Å². The Morgan fingerprint density at radius 3 is 2.21 bits per heavy atom. The van der Waals surface area contributed by atoms with Crippen molar-refractivity contribution in [3.05, 3.63) is 40.3 Å². The maximum Gasteiger partial charge on any atom is 0.265 e. The second-order valence-electron chi connectivity index (χ2n) is 5.61. The summed E-state index contributed by atoms with van der Waals surface area (Å²) < 4.78 is 0.613. The first-order valence-corrected chi connectivity index (χ1v) is 7.33. The third kappa shape index (κ3) is 3.07. The van der Waals surface area contributed by atoms with Gasteiger partial charge in [0.25, 0.3) is 5.91 Å². The van der Waals surface area contributed by atoms with Crippen molar-refractivity contribution in [2.24, 2.45) is 0 Å². The molecule has 2 rings (SSSR count). The lowest BCUT2D eigenvalue weighted by atomic mass is 9.87. The summed E-state index contributed by atoms with van der Waals surface area (Å²) in [7, 11) is 1.71. The number of hydrogen-bond acceptors (Lipinski definition) is 3. The highest BCUT2D eigenvalue weighted by Crippen LogP contribution is 2.31. The zero-order valence-corrected chi connectivity index (χ0v) is 13.2. The Bertz CT molecular complexity index is 553. The molecule has 1 aromatic carbocycles. The average molecular weight is 291 g/mol. The van der Waals surface area contributed by atoms with E-state index >= 15 is 0 Å². The van der Waals surface area contributed by atoms with Crippen LogP contribution in [0.3, 0.4) is 0 Å². The molecule has 1 aliphatic rings. The molecule has 0 spiro atoms. The van der Waals surface area contributed by atoms with E-state index in [1.165, 1.54) is 22.2 Å². The molecule has 0 bridgehead atoms. The van der Waals surface area contributed by atoms with E-state index in [9.17, 15) is 4.79 Å². The monoisotopic (exact) mass is 291 g/mol. The summed E-state index contributed by atoms with van der Waals surface area (Å²) in [5, 5.41) is 0. The van der Waals surface area contributed by atoms with E-state index in [0.717, 1.165) is 5.56 Å². The Kier molecular flexibility index (Phi) is 3.83. The number of carbonyl (C=O) groups excluding carboxylic acids is 1. The van der Waals surface area contributed by atoms with Gasteiger partial charge in [0.2, 0.25) is 0 Å². The van der Waals surface area contributed by atoms with Gasteiger partial charge in [-0.1, -0.05) is 69.0 Å². The predicted octanol–water partition coefficient (Wildman–Crippen LogP) is 3.82. The zero-order chi connectivity index (χ0) is 14.2. The molecule has 0 radical (unpaired) electrons. The molecule has 4 heteroatoms. The number of thiocarbonyl (C=S) groups is 1. The number of carbonyl (C=O) groups is 1. The van der Waals surface area contributed by atoms with E-state index in [1.807, 2.05) is 18.2 Å². The van der Waals surface area contributed by atoms with Crippen LogP contribution < -0.4 is 0 Å². The van der Waals surface area contributed by atoms with Crippen LogP contribution in [0.15, 0.2) is 29.2 Å². The molecule has 0 aromatic heterocycles. The van der Waals surface area contributed by atoms with Crippen molar-refractivity contribution in [3.63, 3.8) is 0 Å². The van der Waals surface area contributed by atoms with E-state index in [-0.39, 0.29) is 11.3 Å². The van der Waals surface area contributed by atoms with Gasteiger partial charge in [-0.25, -0.2) is 0 Å². The van der Waals surface area contributed by atoms with Crippen LogP contribution in [0.1, 0.15) is 31.9 Å². The lowest BCUT2D eigenvalue weighted by Gasteiger charge is -2.18. The molecule has 0 unspecified atom stereocenters. The van der Waals surface area contributed by atoms with Gasteiger partial charge in [-0.2, -0.15) is 0 Å². The van der Waals surface area contributed by atoms with Crippen molar-refractivity contribution < 1.29 is 4.79 Å². The molecule has 1 amide bonds. The number of likely N-dealkylation sites (N-methyl/N-ethyl adjacent to an activating group) is 1. The van der Waals surface area contributed by atoms with Crippen molar-refractivity contribution in [1.29, 1.82) is 0 Å². The summed E-state index contributed by atoms with van der Waals surface area (Å²) in [4.78, 5) is 14.1. The SMILES string of the molecule is CN1C(=O)/C(=C\c2ccc(C(C)(C)C)cc2)SC1=S. The third-order valence-corrected chi connectivity index (χ3v) is 4.55. The molecule has 100 valence electrons. The number of benzene rings is 1. The summed E-state index contributed by atoms with van der Waals surface area (Å²) >= 11 is 6.46. The first-order valence-electron chi connectivity index (χ1n) is 6.11. The lowest BCUT2D eigenvalue weighted by Crippen LogP contribution is -2.22. The summed E-state index contributed by atoms with van der Waals surface area (Å²) in [5.74, 6) is -0.0186. The van der Waals surface area contributed by atoms with Gasteiger partial charge >= 0.3 is 0 Å². The van der Waals surface area contributed by atoms with Crippen LogP contribution in [0.5, 0.6) is 0 Å². The maximum absolute atomic E-state index is 11.9. The van der Waals surface area contributed by atoms with Crippen molar-refractivity contribution in [2.45, 2.75) is 26.2 Å². The lowest BCUT2D eigenvalue weighted by molar-refractivity contribution is -0.121. The van der Waals surface area contributed by atoms with E-state index in [4.69, 9.17) is 12.2 Å². The minimum absolute atomic E-state index is 0.0186. The molecular weight excluding hydrogens is 274 g/mol. The number of thioether (sulfide) groups is 1. The minimum Gasteiger partial charge on any atom is -0.296 e. The maximum atomic E-state index is 11.9. The fraction of sp³-hybridized carbons (Fsp3) is 0.333. The second-order valence-corrected chi connectivity index (χ2v) is 7.29. The highest BCUT2D eigenvalue weighted by atomic mass is 32.2. The van der Waals surface area contributed by atoms with Crippen molar-refractivity contribution in [1.82, 2.24) is 4.90 Å². The van der Waals surface area contributed by atoms with E-state index in [2.05, 4.69) is 32.9 Å². The van der Waals surface area contributed by atoms with Crippen molar-refractivity contribution >= 4 is 40.3 Å². The minimum atomic E-state index is -0.0186. The van der Waals surface area contributed by atoms with Gasteiger partial charge in [-0.3, -0.25) is 9.69 Å². The molecule has 0 N–H and O–H groups in total. The van der Waals surface area contributed by atoms with Gasteiger partial charge in [0.1, 0.15) is 4.32 Å². The third-order valence-electron chi connectivity index (χ3n) is 3.06. The fourth-order valence-electron chi connectivity index (χ4n) is 1.78. The Hall–Kier alpha value is -1.13. The number of nitrogens with zero attached hydrogens (tertiary/aromatic N) is 1. The molecule has 2 nitrogen and oxygen atoms in total. The number of rotatable bonds is 1. The number of hydrogen-bond donors (Lipinski definition) is 0. The molecule has 19 heavy (non-hydrogen) atoms. The summed E-state index contributed by atoms with van der Waals surface area (Å²) in [6, 6.07) is 8.31. The molecule has 0 atom stereocenters. The molecule has 0 aliphatic carbocycles. The fourth-order valence-corrected chi connectivity index (χ4v) is 2.96. The predicted molar refractivity (Wildman–Crippen MR) is 86.1 cm³/mol. The van der Waals surface area contributed by atoms with Crippen molar-refractivity contribution in [3.8, 4) is 0 Å². The van der Waals surface area contributed by atoms with Gasteiger partial charge < -0.3 is 0 Å². The van der Waals surface area contributed by atoms with Crippen LogP contribution in [0.2, 0.25) is 0 Å². The summed E-state index contributed by atoms with van der Waals surface area (Å²) in [6.45, 7) is 6.55. The molecule has 1 aliphatic heterocycles. The molecule has 1 heterocycles. The Labute approximate surface area is 123 Å². The molecular formula is C15H17NOS2. The van der Waals surface area contributed by atoms with Crippen LogP contribution in [-0.4, -0.2) is 22.2 Å². The van der Waals surface area contributed by atoms with E-state index < -0.39 is 0 Å². The second kappa shape index (κ2) is 5.10. The largest absolute Gasteiger partial charge is 0.296 e. The van der Waals surface area contributed by atoms with E-state index in [0.29, 0.717) is 9.23 Å². The quantitative estimate of drug-likeness (QED) is 0.579. The summed E-state index contributed by atoms with van der Waals surface area (Å²) in [5.41, 5.74) is 2.46. The van der Waals surface area contributed by atoms with E-state index in [1.54, 1.807) is 7.05 Å². The first-order chi connectivity index (χ1) is 8.79. The van der Waals surface area contributed by atoms with Crippen LogP contribution in [0.4, 0.5) is 0 Å². The highest BCUT2D eigenvalue weighted by Gasteiger charge is 2.28. The Morgan fingerprint density at radius 2 is 1.79 bits per heavy atom. The molecule has 0 saturated carbocycles. The van der Waals surface area contributed by atoms with Gasteiger partial charge in [0.05, 0.1) is 4.91 Å². The van der Waals surface area contributed by atoms with Gasteiger partial charge in [-0.05, 0) is 22.6 Å². The average Bonchev–Trinajstić information content (AvgIpc) is 2.57. The van der Waals surface area contributed by atoms with Gasteiger partial charge in [-0.15, -0.1) is 0 Å². The Morgan fingerprint density at radius 1 is 1.21 bits per heavy atom. The topological polar surface area (TPSA) is 20.3 Å². The standard InChI is InChI=1S/C15H17NOS2/c1-15(2,3)11-7-5-10(6-8-11)9-12-13(17)16(4)14(18)19-12/h5-9H,1-4H3/b12-9+. The molecule has 1 saturated heterocycles. The first kappa shape index (κ1) is 14.3. The molecule has 1 aromatic rings. The Balaban J connectivity index is 2.25. The van der Waals surface area contributed by atoms with Crippen LogP contribution in [0.25, 0.3) is 6.08 Å². The highest BCUT2D eigenvalue weighted by molar-refractivity contribution is 8.26. The van der Waals surface area contributed by atoms with Crippen LogP contribution in [-0.2, 0) is 10.2 Å². The number of amides is 1. The zero-order valence-electron chi connectivity index (χ0n) is 11.6. The smallest absolute Gasteiger partial charge is 0.265 e. The van der Waals surface area contributed by atoms with Crippen LogP contribution >= 0.6 is 24.0 Å². The van der Waals surface area contributed by atoms with Gasteiger partial charge in [0.15, 0.2) is 0 Å². The van der Waals surface area contributed by atoms with Crippen molar-refractivity contribution in [2.75, 3.05) is 7.05 Å². The van der Waals surface area contributed by atoms with Crippen LogP contribution in [0, 0.1) is 0 Å². The molecule has 1 fully saturated rings.